The maximum atomic E-state index is 12.9. The van der Waals surface area contributed by atoms with Gasteiger partial charge in [-0.05, 0) is 17.7 Å². The zero-order valence-electron chi connectivity index (χ0n) is 15.1. The summed E-state index contributed by atoms with van der Waals surface area (Å²) in [7, 11) is 3.73. The average molecular weight is 401 g/mol. The smallest absolute Gasteiger partial charge is 0.352 e. The van der Waals surface area contributed by atoms with E-state index in [-0.39, 0.29) is 24.8 Å². The Morgan fingerprint density at radius 2 is 2.04 bits per heavy atom. The highest BCUT2D eigenvalue weighted by Crippen LogP contribution is 2.28. The zero-order valence-corrected chi connectivity index (χ0v) is 15.9. The van der Waals surface area contributed by atoms with Crippen LogP contribution >= 0.6 is 11.3 Å². The van der Waals surface area contributed by atoms with Crippen LogP contribution in [-0.4, -0.2) is 44.2 Å². The fourth-order valence-corrected chi connectivity index (χ4v) is 3.53. The Morgan fingerprint density at radius 3 is 2.75 bits per heavy atom. The molecule has 3 aromatic heterocycles. The van der Waals surface area contributed by atoms with Gasteiger partial charge in [0, 0.05) is 20.6 Å². The molecule has 0 saturated heterocycles. The van der Waals surface area contributed by atoms with Gasteiger partial charge in [-0.1, -0.05) is 23.5 Å². The van der Waals surface area contributed by atoms with Crippen molar-refractivity contribution >= 4 is 38.4 Å². The number of carbonyl (C=O) groups excluding carboxylic acids is 1. The van der Waals surface area contributed by atoms with Gasteiger partial charge in [0.05, 0.1) is 0 Å². The predicted octanol–water partition coefficient (Wildman–Crippen LogP) is 1.02. The number of halogens is 1. The highest BCUT2D eigenvalue weighted by molar-refractivity contribution is 7.22. The summed E-state index contributed by atoms with van der Waals surface area (Å²) >= 11 is 1.37. The number of thiazole rings is 1. The molecule has 1 amide bonds. The lowest BCUT2D eigenvalue weighted by Gasteiger charge is -2.04. The Hall–Kier alpha value is -3.34. The summed E-state index contributed by atoms with van der Waals surface area (Å²) < 4.78 is 16.0. The molecule has 28 heavy (non-hydrogen) atoms. The Bertz CT molecular complexity index is 1230. The molecule has 0 fully saturated rings. The third-order valence-electron chi connectivity index (χ3n) is 4.05. The standard InChI is InChI=1S/C17H16FN7O2S/c1-23(2)16-21-14-13(28-16)15-22-25(17(27)24(15)9-20-14)8-12(26)19-7-10-3-5-11(18)6-4-10/h3-6,9H,7-8H2,1-2H3,(H,19,26). The first-order chi connectivity index (χ1) is 13.4. The summed E-state index contributed by atoms with van der Waals surface area (Å²) in [5, 5.41) is 7.73. The van der Waals surface area contributed by atoms with Gasteiger partial charge in [0.15, 0.2) is 16.4 Å². The van der Waals surface area contributed by atoms with Crippen LogP contribution in [0.4, 0.5) is 9.52 Å². The van der Waals surface area contributed by atoms with Crippen LogP contribution in [-0.2, 0) is 17.9 Å². The fraction of sp³-hybridized carbons (Fsp3) is 0.235. The zero-order chi connectivity index (χ0) is 19.8. The van der Waals surface area contributed by atoms with Crippen molar-refractivity contribution in [3.8, 4) is 0 Å². The minimum absolute atomic E-state index is 0.230. The minimum atomic E-state index is -0.457. The first kappa shape index (κ1) is 18.0. The summed E-state index contributed by atoms with van der Waals surface area (Å²) in [6, 6.07) is 5.81. The van der Waals surface area contributed by atoms with Crippen LogP contribution in [0.1, 0.15) is 5.56 Å². The first-order valence-corrected chi connectivity index (χ1v) is 9.17. The summed E-state index contributed by atoms with van der Waals surface area (Å²) in [6.45, 7) is -0.00335. The van der Waals surface area contributed by atoms with Crippen LogP contribution in [0.25, 0.3) is 16.0 Å². The number of anilines is 1. The van der Waals surface area contributed by atoms with E-state index in [2.05, 4.69) is 20.4 Å². The number of amides is 1. The second-order valence-electron chi connectivity index (χ2n) is 6.33. The van der Waals surface area contributed by atoms with Gasteiger partial charge in [0.2, 0.25) is 5.91 Å². The van der Waals surface area contributed by atoms with Crippen molar-refractivity contribution in [1.29, 1.82) is 0 Å². The summed E-state index contributed by atoms with van der Waals surface area (Å²) in [5.74, 6) is -0.718. The number of nitrogens with one attached hydrogen (secondary N) is 1. The van der Waals surface area contributed by atoms with Crippen molar-refractivity contribution in [2.45, 2.75) is 13.1 Å². The molecule has 144 valence electrons. The van der Waals surface area contributed by atoms with Gasteiger partial charge in [-0.2, -0.15) is 4.98 Å². The maximum Gasteiger partial charge on any atom is 0.352 e. The third kappa shape index (κ3) is 3.31. The Balaban J connectivity index is 1.57. The van der Waals surface area contributed by atoms with Crippen molar-refractivity contribution < 1.29 is 9.18 Å². The first-order valence-electron chi connectivity index (χ1n) is 8.35. The van der Waals surface area contributed by atoms with Crippen molar-refractivity contribution in [3.05, 3.63) is 52.5 Å². The molecule has 0 unspecified atom stereocenters. The summed E-state index contributed by atoms with van der Waals surface area (Å²) in [5.41, 5.74) is 1.20. The third-order valence-corrected chi connectivity index (χ3v) is 5.25. The van der Waals surface area contributed by atoms with Crippen molar-refractivity contribution in [2.24, 2.45) is 0 Å². The largest absolute Gasteiger partial charge is 0.354 e. The molecule has 9 nitrogen and oxygen atoms in total. The molecule has 0 aliphatic rings. The van der Waals surface area contributed by atoms with E-state index in [1.165, 1.54) is 34.2 Å². The van der Waals surface area contributed by atoms with Crippen LogP contribution < -0.4 is 15.9 Å². The van der Waals surface area contributed by atoms with Gasteiger partial charge in [-0.3, -0.25) is 4.79 Å². The number of carbonyl (C=O) groups is 1. The van der Waals surface area contributed by atoms with E-state index in [1.807, 2.05) is 19.0 Å². The second kappa shape index (κ2) is 7.00. The number of hydrogen-bond acceptors (Lipinski definition) is 7. The van der Waals surface area contributed by atoms with Crippen LogP contribution in [0.3, 0.4) is 0 Å². The number of fused-ring (bicyclic) bond motifs is 3. The number of benzene rings is 1. The quantitative estimate of drug-likeness (QED) is 0.536. The number of rotatable bonds is 5. The molecule has 0 saturated carbocycles. The van der Waals surface area contributed by atoms with Crippen molar-refractivity contribution in [2.75, 3.05) is 19.0 Å². The molecule has 0 radical (unpaired) electrons. The molecule has 1 N–H and O–H groups in total. The van der Waals surface area contributed by atoms with Gasteiger partial charge >= 0.3 is 5.69 Å². The predicted molar refractivity (Wildman–Crippen MR) is 103 cm³/mol. The molecule has 0 atom stereocenters. The summed E-state index contributed by atoms with van der Waals surface area (Å²) in [4.78, 5) is 35.2. The van der Waals surface area contributed by atoms with E-state index in [0.29, 0.717) is 16.0 Å². The van der Waals surface area contributed by atoms with Crippen LogP contribution in [0.2, 0.25) is 0 Å². The normalized spacial score (nSPS) is 11.2. The van der Waals surface area contributed by atoms with Crippen LogP contribution in [0.15, 0.2) is 35.4 Å². The molecule has 0 bridgehead atoms. The molecule has 0 spiro atoms. The second-order valence-corrected chi connectivity index (χ2v) is 7.30. The topological polar surface area (TPSA) is 97.4 Å². The lowest BCUT2D eigenvalue weighted by atomic mass is 10.2. The molecule has 1 aromatic carbocycles. The molecular weight excluding hydrogens is 385 g/mol. The minimum Gasteiger partial charge on any atom is -0.354 e. The van der Waals surface area contributed by atoms with Crippen molar-refractivity contribution in [3.63, 3.8) is 0 Å². The van der Waals surface area contributed by atoms with Gasteiger partial charge in [-0.25, -0.2) is 23.3 Å². The van der Waals surface area contributed by atoms with E-state index in [0.717, 1.165) is 15.4 Å². The summed E-state index contributed by atoms with van der Waals surface area (Å²) in [6.07, 6.45) is 1.36. The van der Waals surface area contributed by atoms with Crippen LogP contribution in [0.5, 0.6) is 0 Å². The van der Waals surface area contributed by atoms with Gasteiger partial charge < -0.3 is 10.2 Å². The lowest BCUT2D eigenvalue weighted by Crippen LogP contribution is -2.32. The van der Waals surface area contributed by atoms with Gasteiger partial charge in [0.25, 0.3) is 0 Å². The molecule has 4 rings (SSSR count). The number of nitrogens with zero attached hydrogens (tertiary/aromatic N) is 6. The molecule has 11 heteroatoms. The SMILES string of the molecule is CN(C)c1nc2ncn3c(=O)n(CC(=O)NCc4ccc(F)cc4)nc3c2s1. The van der Waals surface area contributed by atoms with E-state index in [9.17, 15) is 14.0 Å². The molecule has 3 heterocycles. The van der Waals surface area contributed by atoms with E-state index >= 15 is 0 Å². The molecule has 0 aliphatic carbocycles. The fourth-order valence-electron chi connectivity index (χ4n) is 2.61. The highest BCUT2D eigenvalue weighted by Gasteiger charge is 2.17. The van der Waals surface area contributed by atoms with Crippen molar-refractivity contribution in [1.82, 2.24) is 29.5 Å². The Morgan fingerprint density at radius 1 is 1.29 bits per heavy atom. The lowest BCUT2D eigenvalue weighted by molar-refractivity contribution is -0.122. The average Bonchev–Trinajstić information content (AvgIpc) is 3.23. The van der Waals surface area contributed by atoms with E-state index < -0.39 is 5.69 Å². The van der Waals surface area contributed by atoms with Crippen LogP contribution in [0, 0.1) is 5.82 Å². The number of aromatic nitrogens is 5. The Kier molecular flexibility index (Phi) is 4.51. The van der Waals surface area contributed by atoms with Gasteiger partial charge in [-0.15, -0.1) is 5.10 Å². The molecular formula is C17H16FN7O2S. The van der Waals surface area contributed by atoms with E-state index in [4.69, 9.17) is 0 Å². The molecule has 0 aliphatic heterocycles. The number of hydrogen-bond donors (Lipinski definition) is 1. The maximum absolute atomic E-state index is 12.9. The van der Waals surface area contributed by atoms with Gasteiger partial charge in [0.1, 0.15) is 23.4 Å². The highest BCUT2D eigenvalue weighted by atomic mass is 32.1. The monoisotopic (exact) mass is 401 g/mol. The van der Waals surface area contributed by atoms with E-state index in [1.54, 1.807) is 12.1 Å². The Labute approximate surface area is 162 Å². The molecule has 4 aromatic rings.